The van der Waals surface area contributed by atoms with Crippen LogP contribution in [0.4, 0.5) is 5.82 Å². The van der Waals surface area contributed by atoms with Crippen molar-refractivity contribution < 1.29 is 4.79 Å². The number of amides is 1. The number of thioether (sulfide) groups is 1. The molecule has 1 aliphatic heterocycles. The van der Waals surface area contributed by atoms with E-state index >= 15 is 0 Å². The van der Waals surface area contributed by atoms with Gasteiger partial charge in [0.1, 0.15) is 0 Å². The number of anilines is 1. The molecule has 3 rings (SSSR count). The number of carbonyl (C=O) groups is 1. The first-order valence-corrected chi connectivity index (χ1v) is 7.69. The van der Waals surface area contributed by atoms with E-state index in [0.717, 1.165) is 22.6 Å². The van der Waals surface area contributed by atoms with E-state index in [1.165, 1.54) is 0 Å². The summed E-state index contributed by atoms with van der Waals surface area (Å²) in [5, 5.41) is 8.07. The monoisotopic (exact) mass is 307 g/mol. The van der Waals surface area contributed by atoms with E-state index in [9.17, 15) is 4.79 Å². The molecule has 1 aromatic carbocycles. The Bertz CT molecular complexity index is 653. The minimum atomic E-state index is 0.0687. The normalized spacial score (nSPS) is 18.9. The number of aryl methyl sites for hydroxylation is 1. The molecule has 1 atom stereocenters. The molecule has 1 aliphatic rings. The number of H-pyrrole nitrogens is 1. The molecule has 4 nitrogen and oxygen atoms in total. The summed E-state index contributed by atoms with van der Waals surface area (Å²) in [4.78, 5) is 13.7. The van der Waals surface area contributed by atoms with Crippen LogP contribution >= 0.6 is 23.4 Å². The first-order chi connectivity index (χ1) is 9.58. The fourth-order valence-corrected chi connectivity index (χ4v) is 3.78. The second kappa shape index (κ2) is 5.14. The van der Waals surface area contributed by atoms with Crippen LogP contribution in [-0.4, -0.2) is 28.9 Å². The molecule has 1 amide bonds. The first-order valence-electron chi connectivity index (χ1n) is 6.26. The largest absolute Gasteiger partial charge is 0.297 e. The minimum absolute atomic E-state index is 0.0687. The zero-order valence-corrected chi connectivity index (χ0v) is 12.8. The number of halogens is 1. The summed E-state index contributed by atoms with van der Waals surface area (Å²) < 4.78 is 0. The third-order valence-corrected chi connectivity index (χ3v) is 4.98. The molecule has 0 spiro atoms. The predicted octanol–water partition coefficient (Wildman–Crippen LogP) is 3.17. The number of hydrogen-bond donors (Lipinski definition) is 1. The van der Waals surface area contributed by atoms with Crippen LogP contribution in [0.25, 0.3) is 0 Å². The van der Waals surface area contributed by atoms with Gasteiger partial charge in [0.15, 0.2) is 5.82 Å². The molecule has 0 aliphatic carbocycles. The summed E-state index contributed by atoms with van der Waals surface area (Å²) in [5.41, 5.74) is 3.20. The highest BCUT2D eigenvalue weighted by Crippen LogP contribution is 2.43. The molecule has 2 aromatic rings. The fraction of sp³-hybridized carbons (Fsp3) is 0.286. The van der Waals surface area contributed by atoms with Crippen LogP contribution in [0, 0.1) is 6.92 Å². The standard InChI is InChI=1S/C14H14ClN3OS/c1-8-12-13(9-3-5-10(15)6-4-9)20-7-11(19)18(2)14(12)17-16-8/h3-6,13H,7H2,1-2H3,(H,16,17)/t13-/m1/s1. The first kappa shape index (κ1) is 13.5. The number of nitrogens with one attached hydrogen (secondary N) is 1. The van der Waals surface area contributed by atoms with E-state index in [4.69, 9.17) is 11.6 Å². The van der Waals surface area contributed by atoms with E-state index in [2.05, 4.69) is 10.2 Å². The molecule has 0 unspecified atom stereocenters. The van der Waals surface area contributed by atoms with Crippen molar-refractivity contribution >= 4 is 35.1 Å². The van der Waals surface area contributed by atoms with Gasteiger partial charge >= 0.3 is 0 Å². The maximum absolute atomic E-state index is 12.0. The molecule has 1 N–H and O–H groups in total. The Balaban J connectivity index is 2.11. The van der Waals surface area contributed by atoms with Gasteiger partial charge in [-0.25, -0.2) is 0 Å². The van der Waals surface area contributed by atoms with Crippen LogP contribution < -0.4 is 4.90 Å². The Kier molecular flexibility index (Phi) is 3.48. The number of rotatable bonds is 1. The second-order valence-electron chi connectivity index (χ2n) is 4.78. The number of benzene rings is 1. The highest BCUT2D eigenvalue weighted by molar-refractivity contribution is 8.00. The summed E-state index contributed by atoms with van der Waals surface area (Å²) >= 11 is 7.57. The lowest BCUT2D eigenvalue weighted by Gasteiger charge is -2.16. The van der Waals surface area contributed by atoms with Crippen molar-refractivity contribution in [3.8, 4) is 0 Å². The van der Waals surface area contributed by atoms with Gasteiger partial charge in [0, 0.05) is 23.3 Å². The van der Waals surface area contributed by atoms with Crippen molar-refractivity contribution in [2.75, 3.05) is 17.7 Å². The van der Waals surface area contributed by atoms with Crippen LogP contribution in [0.3, 0.4) is 0 Å². The summed E-state index contributed by atoms with van der Waals surface area (Å²) in [7, 11) is 1.77. The lowest BCUT2D eigenvalue weighted by Crippen LogP contribution is -2.27. The Morgan fingerprint density at radius 1 is 1.40 bits per heavy atom. The highest BCUT2D eigenvalue weighted by atomic mass is 35.5. The molecule has 2 heterocycles. The molecule has 0 radical (unpaired) electrons. The average Bonchev–Trinajstić information content (AvgIpc) is 2.76. The molecular formula is C14H14ClN3OS. The summed E-state index contributed by atoms with van der Waals surface area (Å²) in [6, 6.07) is 7.77. The van der Waals surface area contributed by atoms with Gasteiger partial charge in [-0.2, -0.15) is 5.10 Å². The lowest BCUT2D eigenvalue weighted by atomic mass is 10.0. The second-order valence-corrected chi connectivity index (χ2v) is 6.31. The molecule has 20 heavy (non-hydrogen) atoms. The number of carbonyl (C=O) groups excluding carboxylic acids is 1. The third-order valence-electron chi connectivity index (χ3n) is 3.47. The van der Waals surface area contributed by atoms with Crippen molar-refractivity contribution in [1.82, 2.24) is 10.2 Å². The van der Waals surface area contributed by atoms with Gasteiger partial charge in [0.25, 0.3) is 0 Å². The van der Waals surface area contributed by atoms with Crippen LogP contribution in [-0.2, 0) is 4.79 Å². The molecule has 6 heteroatoms. The fourth-order valence-electron chi connectivity index (χ4n) is 2.35. The average molecular weight is 308 g/mol. The SMILES string of the molecule is Cc1[nH]nc2c1[C@@H](c1ccc(Cl)cc1)SCC(=O)N2C. The summed E-state index contributed by atoms with van der Waals surface area (Å²) in [5.74, 6) is 1.23. The molecule has 0 bridgehead atoms. The highest BCUT2D eigenvalue weighted by Gasteiger charge is 2.31. The lowest BCUT2D eigenvalue weighted by molar-refractivity contribution is -0.115. The molecule has 1 aromatic heterocycles. The quantitative estimate of drug-likeness (QED) is 0.880. The smallest absolute Gasteiger partial charge is 0.237 e. The van der Waals surface area contributed by atoms with Gasteiger partial charge in [-0.05, 0) is 24.6 Å². The topological polar surface area (TPSA) is 49.0 Å². The Morgan fingerprint density at radius 3 is 2.80 bits per heavy atom. The van der Waals surface area contributed by atoms with E-state index in [-0.39, 0.29) is 11.2 Å². The maximum atomic E-state index is 12.0. The minimum Gasteiger partial charge on any atom is -0.297 e. The van der Waals surface area contributed by atoms with Gasteiger partial charge < -0.3 is 0 Å². The molecule has 104 valence electrons. The van der Waals surface area contributed by atoms with Gasteiger partial charge in [0.2, 0.25) is 5.91 Å². The molecular weight excluding hydrogens is 294 g/mol. The Morgan fingerprint density at radius 2 is 2.10 bits per heavy atom. The van der Waals surface area contributed by atoms with Crippen molar-refractivity contribution in [1.29, 1.82) is 0 Å². The molecule has 0 fully saturated rings. The van der Waals surface area contributed by atoms with Gasteiger partial charge in [0.05, 0.1) is 11.0 Å². The van der Waals surface area contributed by atoms with E-state index in [1.807, 2.05) is 31.2 Å². The summed E-state index contributed by atoms with van der Waals surface area (Å²) in [6.07, 6.45) is 0. The van der Waals surface area contributed by atoms with E-state index < -0.39 is 0 Å². The van der Waals surface area contributed by atoms with Gasteiger partial charge in [-0.1, -0.05) is 23.7 Å². The van der Waals surface area contributed by atoms with Crippen molar-refractivity contribution in [3.05, 3.63) is 46.1 Å². The van der Waals surface area contributed by atoms with E-state index in [1.54, 1.807) is 23.7 Å². The van der Waals surface area contributed by atoms with Gasteiger partial charge in [-0.3, -0.25) is 14.8 Å². The third kappa shape index (κ3) is 2.21. The van der Waals surface area contributed by atoms with Crippen LogP contribution in [0.5, 0.6) is 0 Å². The zero-order chi connectivity index (χ0) is 14.3. The summed E-state index contributed by atoms with van der Waals surface area (Å²) in [6.45, 7) is 1.99. The van der Waals surface area contributed by atoms with Crippen LogP contribution in [0.15, 0.2) is 24.3 Å². The predicted molar refractivity (Wildman–Crippen MR) is 82.5 cm³/mol. The number of hydrogen-bond acceptors (Lipinski definition) is 3. The van der Waals surface area contributed by atoms with Crippen LogP contribution in [0.2, 0.25) is 5.02 Å². The zero-order valence-electron chi connectivity index (χ0n) is 11.2. The maximum Gasteiger partial charge on any atom is 0.237 e. The van der Waals surface area contributed by atoms with Crippen LogP contribution in [0.1, 0.15) is 22.1 Å². The number of aromatic nitrogens is 2. The Hall–Kier alpha value is -1.46. The molecule has 0 saturated heterocycles. The number of nitrogens with zero attached hydrogens (tertiary/aromatic N) is 2. The van der Waals surface area contributed by atoms with Crippen molar-refractivity contribution in [2.24, 2.45) is 0 Å². The van der Waals surface area contributed by atoms with E-state index in [0.29, 0.717) is 10.8 Å². The van der Waals surface area contributed by atoms with Crippen molar-refractivity contribution in [3.63, 3.8) is 0 Å². The number of fused-ring (bicyclic) bond motifs is 1. The van der Waals surface area contributed by atoms with Gasteiger partial charge in [-0.15, -0.1) is 11.8 Å². The number of aromatic amines is 1. The van der Waals surface area contributed by atoms with Crippen molar-refractivity contribution in [2.45, 2.75) is 12.2 Å². The molecule has 0 saturated carbocycles. The Labute approximate surface area is 126 Å².